The first kappa shape index (κ1) is 16.8. The molecule has 1 aliphatic rings. The van der Waals surface area contributed by atoms with Crippen LogP contribution in [0.3, 0.4) is 0 Å². The highest BCUT2D eigenvalue weighted by Crippen LogP contribution is 2.51. The van der Waals surface area contributed by atoms with Gasteiger partial charge in [0.15, 0.2) is 5.96 Å². The van der Waals surface area contributed by atoms with Crippen LogP contribution in [-0.2, 0) is 6.42 Å². The minimum atomic E-state index is 0.322. The highest BCUT2D eigenvalue weighted by atomic mass is 32.2. The van der Waals surface area contributed by atoms with Gasteiger partial charge in [-0.1, -0.05) is 24.3 Å². The van der Waals surface area contributed by atoms with Crippen LogP contribution < -0.4 is 10.6 Å². The molecule has 0 bridgehead atoms. The minimum Gasteiger partial charge on any atom is -0.356 e. The third-order valence-electron chi connectivity index (χ3n) is 4.12. The van der Waals surface area contributed by atoms with Gasteiger partial charge in [0, 0.05) is 42.2 Å². The van der Waals surface area contributed by atoms with Crippen LogP contribution in [0.15, 0.2) is 64.7 Å². The second-order valence-corrected chi connectivity index (χ2v) is 7.60. The molecule has 0 atom stereocenters. The molecule has 3 rings (SSSR count). The van der Waals surface area contributed by atoms with E-state index in [0.717, 1.165) is 25.5 Å². The number of hydrogen-bond acceptors (Lipinski definition) is 3. The normalized spacial score (nSPS) is 15.8. The van der Waals surface area contributed by atoms with E-state index in [1.165, 1.54) is 23.3 Å². The summed E-state index contributed by atoms with van der Waals surface area (Å²) in [6.45, 7) is 1.79. The lowest BCUT2D eigenvalue weighted by Crippen LogP contribution is -2.41. The Morgan fingerprint density at radius 3 is 2.67 bits per heavy atom. The zero-order valence-corrected chi connectivity index (χ0v) is 14.9. The molecule has 126 valence electrons. The van der Waals surface area contributed by atoms with Crippen LogP contribution in [0.1, 0.15) is 18.4 Å². The molecule has 4 nitrogen and oxygen atoms in total. The molecule has 0 unspecified atom stereocenters. The molecule has 1 aromatic heterocycles. The Bertz CT molecular complexity index is 654. The molecule has 1 aromatic carbocycles. The van der Waals surface area contributed by atoms with Crippen molar-refractivity contribution in [2.75, 3.05) is 20.1 Å². The molecular weight excluding hydrogens is 316 g/mol. The van der Waals surface area contributed by atoms with Crippen LogP contribution in [-0.4, -0.2) is 35.8 Å². The summed E-state index contributed by atoms with van der Waals surface area (Å²) < 4.78 is 0.322. The number of guanidine groups is 1. The zero-order valence-electron chi connectivity index (χ0n) is 14.0. The summed E-state index contributed by atoms with van der Waals surface area (Å²) in [5.41, 5.74) is 1.23. The number of thioether (sulfide) groups is 1. The first-order valence-electron chi connectivity index (χ1n) is 8.37. The number of hydrogen-bond donors (Lipinski definition) is 2. The van der Waals surface area contributed by atoms with Crippen molar-refractivity contribution in [3.05, 3.63) is 60.4 Å². The number of pyridine rings is 1. The summed E-state index contributed by atoms with van der Waals surface area (Å²) in [7, 11) is 1.82. The predicted octanol–water partition coefficient (Wildman–Crippen LogP) is 3.11. The third kappa shape index (κ3) is 4.99. The van der Waals surface area contributed by atoms with Gasteiger partial charge in [0.2, 0.25) is 0 Å². The van der Waals surface area contributed by atoms with Crippen LogP contribution in [0.5, 0.6) is 0 Å². The van der Waals surface area contributed by atoms with Crippen molar-refractivity contribution in [2.45, 2.75) is 28.9 Å². The minimum absolute atomic E-state index is 0.322. The SMILES string of the molecule is CN=C(NCCc1cccnc1)NCC1(Sc2ccccc2)CC1. The molecule has 1 saturated carbocycles. The number of aromatic nitrogens is 1. The lowest BCUT2D eigenvalue weighted by molar-refractivity contribution is 0.760. The van der Waals surface area contributed by atoms with Crippen molar-refractivity contribution in [1.29, 1.82) is 0 Å². The van der Waals surface area contributed by atoms with E-state index in [0.29, 0.717) is 4.75 Å². The molecule has 5 heteroatoms. The lowest BCUT2D eigenvalue weighted by Gasteiger charge is -2.18. The Morgan fingerprint density at radius 1 is 1.17 bits per heavy atom. The largest absolute Gasteiger partial charge is 0.356 e. The van der Waals surface area contributed by atoms with Gasteiger partial charge in [-0.25, -0.2) is 0 Å². The van der Waals surface area contributed by atoms with Gasteiger partial charge in [-0.15, -0.1) is 11.8 Å². The van der Waals surface area contributed by atoms with E-state index in [-0.39, 0.29) is 0 Å². The Balaban J connectivity index is 1.43. The highest BCUT2D eigenvalue weighted by molar-refractivity contribution is 8.01. The van der Waals surface area contributed by atoms with Crippen molar-refractivity contribution in [3.8, 4) is 0 Å². The Hall–Kier alpha value is -2.01. The number of nitrogens with one attached hydrogen (secondary N) is 2. The maximum absolute atomic E-state index is 4.33. The molecule has 0 amide bonds. The maximum Gasteiger partial charge on any atom is 0.191 e. The molecule has 2 N–H and O–H groups in total. The smallest absolute Gasteiger partial charge is 0.191 e. The third-order valence-corrected chi connectivity index (χ3v) is 5.61. The van der Waals surface area contributed by atoms with Crippen molar-refractivity contribution in [2.24, 2.45) is 4.99 Å². The van der Waals surface area contributed by atoms with E-state index < -0.39 is 0 Å². The molecule has 1 heterocycles. The molecular formula is C19H24N4S. The monoisotopic (exact) mass is 340 g/mol. The van der Waals surface area contributed by atoms with Crippen LogP contribution >= 0.6 is 11.8 Å². The second kappa shape index (κ2) is 8.20. The van der Waals surface area contributed by atoms with Crippen LogP contribution in [0.4, 0.5) is 0 Å². The van der Waals surface area contributed by atoms with Crippen LogP contribution in [0.2, 0.25) is 0 Å². The molecule has 0 saturated heterocycles. The van der Waals surface area contributed by atoms with E-state index in [1.54, 1.807) is 6.20 Å². The topological polar surface area (TPSA) is 49.3 Å². The number of benzene rings is 1. The summed E-state index contributed by atoms with van der Waals surface area (Å²) >= 11 is 1.98. The van der Waals surface area contributed by atoms with E-state index in [1.807, 2.05) is 31.1 Å². The van der Waals surface area contributed by atoms with Crippen LogP contribution in [0.25, 0.3) is 0 Å². The van der Waals surface area contributed by atoms with E-state index in [9.17, 15) is 0 Å². The number of rotatable bonds is 7. The second-order valence-electron chi connectivity index (χ2n) is 6.06. The fourth-order valence-electron chi connectivity index (χ4n) is 2.53. The number of nitrogens with zero attached hydrogens (tertiary/aromatic N) is 2. The van der Waals surface area contributed by atoms with Gasteiger partial charge in [0.05, 0.1) is 0 Å². The van der Waals surface area contributed by atoms with Crippen molar-refractivity contribution < 1.29 is 0 Å². The Labute approximate surface area is 148 Å². The van der Waals surface area contributed by atoms with Crippen molar-refractivity contribution >= 4 is 17.7 Å². The quantitative estimate of drug-likeness (QED) is 0.601. The summed E-state index contributed by atoms with van der Waals surface area (Å²) in [5.74, 6) is 0.874. The van der Waals surface area contributed by atoms with Crippen LogP contribution in [0, 0.1) is 0 Å². The fraction of sp³-hybridized carbons (Fsp3) is 0.368. The molecule has 2 aromatic rings. The average Bonchev–Trinajstić information content (AvgIpc) is 3.39. The van der Waals surface area contributed by atoms with Gasteiger partial charge in [-0.3, -0.25) is 9.98 Å². The summed E-state index contributed by atoms with van der Waals surface area (Å²) in [6, 6.07) is 14.7. The maximum atomic E-state index is 4.33. The molecule has 24 heavy (non-hydrogen) atoms. The summed E-state index contributed by atoms with van der Waals surface area (Å²) in [5, 5.41) is 6.87. The summed E-state index contributed by atoms with van der Waals surface area (Å²) in [6.07, 6.45) is 7.17. The van der Waals surface area contributed by atoms with Gasteiger partial charge in [-0.2, -0.15) is 0 Å². The van der Waals surface area contributed by atoms with Gasteiger partial charge in [0.25, 0.3) is 0 Å². The van der Waals surface area contributed by atoms with E-state index in [2.05, 4.69) is 57.0 Å². The molecule has 0 radical (unpaired) electrons. The fourth-order valence-corrected chi connectivity index (χ4v) is 3.77. The Kier molecular flexibility index (Phi) is 5.75. The molecule has 1 fully saturated rings. The van der Waals surface area contributed by atoms with Crippen molar-refractivity contribution in [3.63, 3.8) is 0 Å². The zero-order chi connectivity index (χ0) is 16.7. The molecule has 1 aliphatic carbocycles. The summed E-state index contributed by atoms with van der Waals surface area (Å²) in [4.78, 5) is 9.81. The Morgan fingerprint density at radius 2 is 2.00 bits per heavy atom. The van der Waals surface area contributed by atoms with E-state index in [4.69, 9.17) is 0 Å². The highest BCUT2D eigenvalue weighted by Gasteiger charge is 2.43. The van der Waals surface area contributed by atoms with Gasteiger partial charge < -0.3 is 10.6 Å². The van der Waals surface area contributed by atoms with E-state index >= 15 is 0 Å². The average molecular weight is 340 g/mol. The number of aliphatic imine (C=N–C) groups is 1. The van der Waals surface area contributed by atoms with Gasteiger partial charge >= 0.3 is 0 Å². The molecule has 0 aliphatic heterocycles. The molecule has 0 spiro atoms. The predicted molar refractivity (Wildman–Crippen MR) is 102 cm³/mol. The first-order chi connectivity index (χ1) is 11.8. The lowest BCUT2D eigenvalue weighted by atomic mass is 10.2. The van der Waals surface area contributed by atoms with Gasteiger partial charge in [0.1, 0.15) is 0 Å². The van der Waals surface area contributed by atoms with Crippen molar-refractivity contribution in [1.82, 2.24) is 15.6 Å². The standard InChI is InChI=1S/C19H24N4S/c1-20-18(22-13-9-16-6-5-12-21-14-16)23-15-19(10-11-19)24-17-7-3-2-4-8-17/h2-8,12,14H,9-11,13,15H2,1H3,(H2,20,22,23). The first-order valence-corrected chi connectivity index (χ1v) is 9.19. The van der Waals surface area contributed by atoms with Gasteiger partial charge in [-0.05, 0) is 43.0 Å².